The van der Waals surface area contributed by atoms with Crippen LogP contribution in [0, 0.1) is 6.92 Å². The predicted octanol–water partition coefficient (Wildman–Crippen LogP) is 3.78. The Morgan fingerprint density at radius 1 is 1.10 bits per heavy atom. The third-order valence-corrected chi connectivity index (χ3v) is 3.15. The molecule has 0 spiro atoms. The van der Waals surface area contributed by atoms with Crippen LogP contribution < -0.4 is 5.32 Å². The van der Waals surface area contributed by atoms with Crippen LogP contribution in [-0.4, -0.2) is 12.6 Å². The van der Waals surface area contributed by atoms with Crippen molar-refractivity contribution < 1.29 is 9.53 Å². The monoisotopic (exact) mass is 269 g/mol. The van der Waals surface area contributed by atoms with Gasteiger partial charge in [0.25, 0.3) is 0 Å². The number of carbonyl (C=O) groups excluding carboxylic acids is 1. The highest BCUT2D eigenvalue weighted by Gasteiger charge is 2.12. The molecule has 0 heterocycles. The molecule has 0 atom stereocenters. The summed E-state index contributed by atoms with van der Waals surface area (Å²) in [7, 11) is 0. The van der Waals surface area contributed by atoms with E-state index in [1.165, 1.54) is 5.56 Å². The average molecular weight is 269 g/mol. The largest absolute Gasteiger partial charge is 0.462 e. The summed E-state index contributed by atoms with van der Waals surface area (Å²) < 4.78 is 5.06. The highest BCUT2D eigenvalue weighted by molar-refractivity contribution is 5.92. The zero-order valence-electron chi connectivity index (χ0n) is 11.8. The maximum atomic E-state index is 11.8. The van der Waals surface area contributed by atoms with Crippen LogP contribution in [0.3, 0.4) is 0 Å². The third-order valence-electron chi connectivity index (χ3n) is 3.15. The van der Waals surface area contributed by atoms with Crippen molar-refractivity contribution in [2.24, 2.45) is 0 Å². The van der Waals surface area contributed by atoms with Gasteiger partial charge in [-0.25, -0.2) is 4.79 Å². The number of esters is 1. The molecule has 3 heteroatoms. The molecule has 0 amide bonds. The molecule has 0 bridgehead atoms. The maximum absolute atomic E-state index is 11.8. The number of benzene rings is 2. The van der Waals surface area contributed by atoms with Gasteiger partial charge in [-0.3, -0.25) is 0 Å². The van der Waals surface area contributed by atoms with E-state index in [1.54, 1.807) is 6.07 Å². The summed E-state index contributed by atoms with van der Waals surface area (Å²) in [6.45, 7) is 4.86. The smallest absolute Gasteiger partial charge is 0.338 e. The minimum atomic E-state index is -0.270. The lowest BCUT2D eigenvalue weighted by Gasteiger charge is -2.12. The van der Waals surface area contributed by atoms with E-state index in [9.17, 15) is 4.79 Å². The standard InChI is InChI=1S/C17H19NO2/c1-3-20-17(19)15-10-7-11-16(13(15)2)18-12-14-8-5-4-6-9-14/h4-11,18H,3,12H2,1-2H3. The second-order valence-electron chi connectivity index (χ2n) is 4.54. The van der Waals surface area contributed by atoms with Crippen molar-refractivity contribution in [3.05, 3.63) is 65.2 Å². The Labute approximate surface area is 119 Å². The Bertz CT molecular complexity index is 579. The molecule has 0 unspecified atom stereocenters. The van der Waals surface area contributed by atoms with Gasteiger partial charge in [0, 0.05) is 12.2 Å². The van der Waals surface area contributed by atoms with Crippen LogP contribution in [0.5, 0.6) is 0 Å². The summed E-state index contributed by atoms with van der Waals surface area (Å²) >= 11 is 0. The van der Waals surface area contributed by atoms with Gasteiger partial charge in [-0.2, -0.15) is 0 Å². The van der Waals surface area contributed by atoms with E-state index >= 15 is 0 Å². The summed E-state index contributed by atoms with van der Waals surface area (Å²) in [6, 6.07) is 15.8. The lowest BCUT2D eigenvalue weighted by Crippen LogP contribution is -2.09. The van der Waals surface area contributed by atoms with E-state index in [1.807, 2.05) is 44.2 Å². The molecule has 0 aromatic heterocycles. The number of anilines is 1. The summed E-state index contributed by atoms with van der Waals surface area (Å²) in [5, 5.41) is 3.36. The van der Waals surface area contributed by atoms with E-state index in [0.29, 0.717) is 12.2 Å². The van der Waals surface area contributed by atoms with Gasteiger partial charge in [-0.1, -0.05) is 36.4 Å². The van der Waals surface area contributed by atoms with Crippen molar-refractivity contribution >= 4 is 11.7 Å². The molecule has 2 rings (SSSR count). The highest BCUT2D eigenvalue weighted by atomic mass is 16.5. The van der Waals surface area contributed by atoms with E-state index < -0.39 is 0 Å². The number of carbonyl (C=O) groups is 1. The van der Waals surface area contributed by atoms with E-state index in [4.69, 9.17) is 4.74 Å². The molecule has 3 nitrogen and oxygen atoms in total. The van der Waals surface area contributed by atoms with Gasteiger partial charge in [0.1, 0.15) is 0 Å². The van der Waals surface area contributed by atoms with Crippen molar-refractivity contribution in [2.45, 2.75) is 20.4 Å². The van der Waals surface area contributed by atoms with Gasteiger partial charge in [0.15, 0.2) is 0 Å². The lowest BCUT2D eigenvalue weighted by atomic mass is 10.1. The zero-order chi connectivity index (χ0) is 14.4. The SMILES string of the molecule is CCOC(=O)c1cccc(NCc2ccccc2)c1C. The summed E-state index contributed by atoms with van der Waals surface area (Å²) in [5.74, 6) is -0.270. The summed E-state index contributed by atoms with van der Waals surface area (Å²) in [5.41, 5.74) is 3.69. The molecule has 0 saturated heterocycles. The Kier molecular flexibility index (Phi) is 4.77. The second kappa shape index (κ2) is 6.75. The van der Waals surface area contributed by atoms with E-state index in [2.05, 4.69) is 17.4 Å². The molecular weight excluding hydrogens is 250 g/mol. The van der Waals surface area contributed by atoms with Crippen LogP contribution in [-0.2, 0) is 11.3 Å². The first-order chi connectivity index (χ1) is 9.72. The van der Waals surface area contributed by atoms with Crippen LogP contribution in [0.1, 0.15) is 28.4 Å². The molecule has 0 radical (unpaired) electrons. The molecule has 0 saturated carbocycles. The number of hydrogen-bond acceptors (Lipinski definition) is 3. The van der Waals surface area contributed by atoms with Gasteiger partial charge in [0.05, 0.1) is 12.2 Å². The maximum Gasteiger partial charge on any atom is 0.338 e. The van der Waals surface area contributed by atoms with Crippen LogP contribution in [0.4, 0.5) is 5.69 Å². The molecule has 20 heavy (non-hydrogen) atoms. The van der Waals surface area contributed by atoms with Crippen LogP contribution in [0.2, 0.25) is 0 Å². The quantitative estimate of drug-likeness (QED) is 0.839. The van der Waals surface area contributed by atoms with Gasteiger partial charge in [0.2, 0.25) is 0 Å². The normalized spacial score (nSPS) is 10.1. The first kappa shape index (κ1) is 14.1. The van der Waals surface area contributed by atoms with Crippen molar-refractivity contribution in [3.8, 4) is 0 Å². The fourth-order valence-corrected chi connectivity index (χ4v) is 2.05. The van der Waals surface area contributed by atoms with Gasteiger partial charge in [-0.15, -0.1) is 0 Å². The Balaban J connectivity index is 2.12. The number of hydrogen-bond donors (Lipinski definition) is 1. The van der Waals surface area contributed by atoms with Crippen molar-refractivity contribution in [1.29, 1.82) is 0 Å². The Morgan fingerprint density at radius 3 is 2.55 bits per heavy atom. The van der Waals surface area contributed by atoms with Gasteiger partial charge >= 0.3 is 5.97 Å². The summed E-state index contributed by atoms with van der Waals surface area (Å²) in [4.78, 5) is 11.8. The molecule has 0 aliphatic rings. The molecule has 1 N–H and O–H groups in total. The van der Waals surface area contributed by atoms with Crippen molar-refractivity contribution in [3.63, 3.8) is 0 Å². The Hall–Kier alpha value is -2.29. The topological polar surface area (TPSA) is 38.3 Å². The van der Waals surface area contributed by atoms with Crippen molar-refractivity contribution in [1.82, 2.24) is 0 Å². The van der Waals surface area contributed by atoms with E-state index in [0.717, 1.165) is 17.8 Å². The first-order valence-electron chi connectivity index (χ1n) is 6.77. The summed E-state index contributed by atoms with van der Waals surface area (Å²) in [6.07, 6.45) is 0. The van der Waals surface area contributed by atoms with Crippen LogP contribution >= 0.6 is 0 Å². The molecule has 0 aliphatic carbocycles. The minimum absolute atomic E-state index is 0.270. The molecular formula is C17H19NO2. The molecule has 2 aromatic carbocycles. The molecule has 2 aromatic rings. The fraction of sp³-hybridized carbons (Fsp3) is 0.235. The fourth-order valence-electron chi connectivity index (χ4n) is 2.05. The second-order valence-corrected chi connectivity index (χ2v) is 4.54. The third kappa shape index (κ3) is 3.38. The lowest BCUT2D eigenvalue weighted by molar-refractivity contribution is 0.0525. The van der Waals surface area contributed by atoms with Gasteiger partial charge < -0.3 is 10.1 Å². The number of rotatable bonds is 5. The van der Waals surface area contributed by atoms with Crippen molar-refractivity contribution in [2.75, 3.05) is 11.9 Å². The predicted molar refractivity (Wildman–Crippen MR) is 80.9 cm³/mol. The highest BCUT2D eigenvalue weighted by Crippen LogP contribution is 2.20. The number of ether oxygens (including phenoxy) is 1. The number of nitrogens with one attached hydrogen (secondary N) is 1. The van der Waals surface area contributed by atoms with E-state index in [-0.39, 0.29) is 5.97 Å². The average Bonchev–Trinajstić information content (AvgIpc) is 2.47. The zero-order valence-corrected chi connectivity index (χ0v) is 11.8. The minimum Gasteiger partial charge on any atom is -0.462 e. The van der Waals surface area contributed by atoms with Crippen LogP contribution in [0.15, 0.2) is 48.5 Å². The molecule has 104 valence electrons. The van der Waals surface area contributed by atoms with Crippen LogP contribution in [0.25, 0.3) is 0 Å². The first-order valence-corrected chi connectivity index (χ1v) is 6.77. The molecule has 0 aliphatic heterocycles. The van der Waals surface area contributed by atoms with Gasteiger partial charge in [-0.05, 0) is 37.1 Å². The Morgan fingerprint density at radius 2 is 1.85 bits per heavy atom. The molecule has 0 fully saturated rings.